The summed E-state index contributed by atoms with van der Waals surface area (Å²) in [7, 11) is 0. The van der Waals surface area contributed by atoms with E-state index in [2.05, 4.69) is 11.4 Å². The lowest BCUT2D eigenvalue weighted by molar-refractivity contribution is -0.154. The molecule has 0 bridgehead atoms. The zero-order chi connectivity index (χ0) is 24.6. The van der Waals surface area contributed by atoms with Crippen LogP contribution in [0.15, 0.2) is 77.5 Å². The highest BCUT2D eigenvalue weighted by Crippen LogP contribution is 2.60. The normalized spacial score (nSPS) is 24.3. The van der Waals surface area contributed by atoms with E-state index in [0.29, 0.717) is 16.5 Å². The molecule has 4 atom stereocenters. The van der Waals surface area contributed by atoms with Gasteiger partial charge in [0, 0.05) is 16.9 Å². The SMILES string of the molecule is CCOC(=O)[C@]1(C#N)[C@H](c2ccco2)[C@@H](C(=O)Nc2ccc(Cl)cc2)N2C=Cc3ccccc3[C@@H]21. The molecule has 3 aromatic rings. The number of benzene rings is 2. The summed E-state index contributed by atoms with van der Waals surface area (Å²) in [5.74, 6) is -1.65. The number of carbonyl (C=O) groups excluding carboxylic acids is 2. The van der Waals surface area contributed by atoms with Crippen molar-refractivity contribution in [1.82, 2.24) is 4.90 Å². The van der Waals surface area contributed by atoms with Gasteiger partial charge >= 0.3 is 5.97 Å². The topological polar surface area (TPSA) is 95.6 Å². The summed E-state index contributed by atoms with van der Waals surface area (Å²) in [6.07, 6.45) is 5.12. The van der Waals surface area contributed by atoms with Gasteiger partial charge in [0.1, 0.15) is 11.8 Å². The molecule has 2 aliphatic heterocycles. The van der Waals surface area contributed by atoms with Crippen LogP contribution in [0.25, 0.3) is 6.08 Å². The van der Waals surface area contributed by atoms with Crippen LogP contribution in [0.1, 0.15) is 35.8 Å². The minimum atomic E-state index is -1.74. The highest BCUT2D eigenvalue weighted by atomic mass is 35.5. The first kappa shape index (κ1) is 22.8. The van der Waals surface area contributed by atoms with Gasteiger partial charge in [-0.3, -0.25) is 9.59 Å². The third kappa shape index (κ3) is 3.58. The van der Waals surface area contributed by atoms with Crippen molar-refractivity contribution in [3.8, 4) is 6.07 Å². The van der Waals surface area contributed by atoms with Gasteiger partial charge < -0.3 is 19.4 Å². The van der Waals surface area contributed by atoms with Crippen LogP contribution in [-0.4, -0.2) is 29.4 Å². The number of hydrogen-bond donors (Lipinski definition) is 1. The molecule has 0 radical (unpaired) electrons. The van der Waals surface area contributed by atoms with Gasteiger partial charge in [0.2, 0.25) is 5.91 Å². The van der Waals surface area contributed by atoms with Crippen molar-refractivity contribution < 1.29 is 18.7 Å². The third-order valence-electron chi connectivity index (χ3n) is 6.60. The number of carbonyl (C=O) groups is 2. The number of nitriles is 1. The van der Waals surface area contributed by atoms with Crippen molar-refractivity contribution >= 4 is 35.2 Å². The molecule has 1 N–H and O–H groups in total. The van der Waals surface area contributed by atoms with E-state index in [1.54, 1.807) is 54.4 Å². The Morgan fingerprint density at radius 3 is 2.63 bits per heavy atom. The number of rotatable bonds is 5. The molecule has 0 spiro atoms. The first-order chi connectivity index (χ1) is 17.0. The third-order valence-corrected chi connectivity index (χ3v) is 6.85. The Balaban J connectivity index is 1.70. The summed E-state index contributed by atoms with van der Waals surface area (Å²) in [4.78, 5) is 29.3. The maximum absolute atomic E-state index is 13.8. The molecular weight excluding hydrogens is 466 g/mol. The Kier molecular flexibility index (Phi) is 5.83. The Morgan fingerprint density at radius 1 is 1.17 bits per heavy atom. The lowest BCUT2D eigenvalue weighted by atomic mass is 9.68. The number of nitrogens with zero attached hydrogens (tertiary/aromatic N) is 2. The number of fused-ring (bicyclic) bond motifs is 3. The van der Waals surface area contributed by atoms with Crippen molar-refractivity contribution in [1.29, 1.82) is 5.26 Å². The monoisotopic (exact) mass is 487 g/mol. The van der Waals surface area contributed by atoms with Crippen LogP contribution in [0, 0.1) is 16.7 Å². The molecule has 3 heterocycles. The van der Waals surface area contributed by atoms with E-state index in [9.17, 15) is 14.9 Å². The fourth-order valence-corrected chi connectivity index (χ4v) is 5.33. The van der Waals surface area contributed by atoms with Gasteiger partial charge in [-0.2, -0.15) is 5.26 Å². The number of furan rings is 1. The largest absolute Gasteiger partial charge is 0.469 e. The second-order valence-electron chi connectivity index (χ2n) is 8.43. The summed E-state index contributed by atoms with van der Waals surface area (Å²) in [6, 6.07) is 18.2. The van der Waals surface area contributed by atoms with Crippen LogP contribution in [0.3, 0.4) is 0 Å². The molecule has 0 unspecified atom stereocenters. The molecule has 1 amide bonds. The van der Waals surface area contributed by atoms with Gasteiger partial charge in [0.25, 0.3) is 0 Å². The van der Waals surface area contributed by atoms with Crippen molar-refractivity contribution in [3.05, 3.63) is 95.0 Å². The molecule has 7 nitrogen and oxygen atoms in total. The van der Waals surface area contributed by atoms with E-state index in [4.69, 9.17) is 20.8 Å². The van der Waals surface area contributed by atoms with Gasteiger partial charge in [-0.1, -0.05) is 35.9 Å². The Labute approximate surface area is 207 Å². The number of nitrogens with one attached hydrogen (secondary N) is 1. The van der Waals surface area contributed by atoms with Crippen molar-refractivity contribution in [2.45, 2.75) is 24.9 Å². The van der Waals surface area contributed by atoms with Crippen LogP contribution in [0.2, 0.25) is 5.02 Å². The standard InChI is InChI=1S/C27H22ClN3O4/c1-2-34-26(33)27(16-29)22(21-8-5-15-35-21)23(25(32)30-19-11-9-18(28)10-12-19)31-14-13-17-6-3-4-7-20(17)24(27)31/h3-15,22-24H,2H2,1H3,(H,30,32)/t22-,23+,24-,27-/m1/s1. The Morgan fingerprint density at radius 2 is 1.94 bits per heavy atom. The van der Waals surface area contributed by atoms with E-state index in [0.717, 1.165) is 11.1 Å². The molecule has 35 heavy (non-hydrogen) atoms. The van der Waals surface area contributed by atoms with E-state index in [-0.39, 0.29) is 12.5 Å². The first-order valence-corrected chi connectivity index (χ1v) is 11.6. The van der Waals surface area contributed by atoms with Gasteiger partial charge in [-0.05, 0) is 60.5 Å². The second-order valence-corrected chi connectivity index (χ2v) is 8.87. The zero-order valence-electron chi connectivity index (χ0n) is 18.9. The summed E-state index contributed by atoms with van der Waals surface area (Å²) < 4.78 is 11.2. The predicted octanol–water partition coefficient (Wildman–Crippen LogP) is 5.14. The Bertz CT molecular complexity index is 1330. The lowest BCUT2D eigenvalue weighted by Gasteiger charge is -2.35. The van der Waals surface area contributed by atoms with Crippen molar-refractivity contribution in [2.75, 3.05) is 11.9 Å². The molecule has 8 heteroatoms. The lowest BCUT2D eigenvalue weighted by Crippen LogP contribution is -2.42. The quantitative estimate of drug-likeness (QED) is 0.501. The number of esters is 1. The fourth-order valence-electron chi connectivity index (χ4n) is 5.20. The fraction of sp³-hybridized carbons (Fsp3) is 0.222. The molecule has 1 saturated heterocycles. The number of anilines is 1. The second kappa shape index (κ2) is 8.97. The van der Waals surface area contributed by atoms with Crippen LogP contribution < -0.4 is 5.32 Å². The van der Waals surface area contributed by atoms with Crippen LogP contribution >= 0.6 is 11.6 Å². The first-order valence-electron chi connectivity index (χ1n) is 11.2. The van der Waals surface area contributed by atoms with Gasteiger partial charge in [-0.25, -0.2) is 0 Å². The van der Waals surface area contributed by atoms with Gasteiger partial charge in [-0.15, -0.1) is 0 Å². The molecule has 1 aromatic heterocycles. The van der Waals surface area contributed by atoms with Crippen LogP contribution in [0.4, 0.5) is 5.69 Å². The van der Waals surface area contributed by atoms with Crippen LogP contribution in [0.5, 0.6) is 0 Å². The van der Waals surface area contributed by atoms with E-state index >= 15 is 0 Å². The van der Waals surface area contributed by atoms with Gasteiger partial charge in [0.05, 0.1) is 30.9 Å². The summed E-state index contributed by atoms with van der Waals surface area (Å²) >= 11 is 6.00. The summed E-state index contributed by atoms with van der Waals surface area (Å²) in [6.45, 7) is 1.79. The molecular formula is C27H22ClN3O4. The Hall–Kier alpha value is -4.02. The summed E-state index contributed by atoms with van der Waals surface area (Å²) in [5, 5.41) is 14.1. The zero-order valence-corrected chi connectivity index (χ0v) is 19.6. The number of amides is 1. The highest BCUT2D eigenvalue weighted by Gasteiger charge is 2.69. The molecule has 176 valence electrons. The van der Waals surface area contributed by atoms with E-state index in [1.807, 2.05) is 30.3 Å². The maximum Gasteiger partial charge on any atom is 0.329 e. The highest BCUT2D eigenvalue weighted by molar-refractivity contribution is 6.30. The van der Waals surface area contributed by atoms with Crippen LogP contribution in [-0.2, 0) is 14.3 Å². The number of halogens is 1. The molecule has 2 aromatic carbocycles. The average molecular weight is 488 g/mol. The predicted molar refractivity (Wildman–Crippen MR) is 130 cm³/mol. The number of ether oxygens (including phenoxy) is 1. The van der Waals surface area contributed by atoms with Crippen molar-refractivity contribution in [3.63, 3.8) is 0 Å². The molecule has 0 saturated carbocycles. The average Bonchev–Trinajstić information content (AvgIpc) is 3.50. The molecule has 1 fully saturated rings. The summed E-state index contributed by atoms with van der Waals surface area (Å²) in [5.41, 5.74) is 0.440. The minimum Gasteiger partial charge on any atom is -0.469 e. The van der Waals surface area contributed by atoms with E-state index in [1.165, 1.54) is 6.26 Å². The molecule has 0 aliphatic carbocycles. The minimum absolute atomic E-state index is 0.0962. The smallest absolute Gasteiger partial charge is 0.329 e. The van der Waals surface area contributed by atoms with E-state index < -0.39 is 29.4 Å². The van der Waals surface area contributed by atoms with Crippen molar-refractivity contribution in [2.24, 2.45) is 5.41 Å². The number of hydrogen-bond acceptors (Lipinski definition) is 6. The molecule has 5 rings (SSSR count). The van der Waals surface area contributed by atoms with Gasteiger partial charge in [0.15, 0.2) is 5.41 Å². The maximum atomic E-state index is 13.8. The molecule has 2 aliphatic rings.